The normalized spacial score (nSPS) is 13.8. The Bertz CT molecular complexity index is 567. The number of hydrogen-bond donors (Lipinski definition) is 1. The SMILES string of the molecule is Clc1csc(CNCCCN2CCc3ccccc32)c1. The predicted molar refractivity (Wildman–Crippen MR) is 88.0 cm³/mol. The number of para-hydroxylation sites is 1. The third-order valence-corrected chi connectivity index (χ3v) is 4.97. The molecule has 1 aliphatic heterocycles. The van der Waals surface area contributed by atoms with Gasteiger partial charge in [0.15, 0.2) is 0 Å². The number of halogens is 1. The van der Waals surface area contributed by atoms with Gasteiger partial charge in [0, 0.05) is 35.6 Å². The quantitative estimate of drug-likeness (QED) is 0.813. The van der Waals surface area contributed by atoms with Crippen LogP contribution in [0.25, 0.3) is 0 Å². The van der Waals surface area contributed by atoms with Crippen molar-refractivity contribution >= 4 is 28.6 Å². The Morgan fingerprint density at radius 3 is 3.05 bits per heavy atom. The van der Waals surface area contributed by atoms with Crippen LogP contribution in [0.4, 0.5) is 5.69 Å². The summed E-state index contributed by atoms with van der Waals surface area (Å²) in [6, 6.07) is 10.8. The van der Waals surface area contributed by atoms with Gasteiger partial charge < -0.3 is 10.2 Å². The molecule has 1 aromatic heterocycles. The maximum atomic E-state index is 5.91. The minimum Gasteiger partial charge on any atom is -0.371 e. The van der Waals surface area contributed by atoms with E-state index in [0.717, 1.165) is 24.7 Å². The van der Waals surface area contributed by atoms with E-state index in [1.54, 1.807) is 11.3 Å². The molecule has 1 N–H and O–H groups in total. The smallest absolute Gasteiger partial charge is 0.0516 e. The first-order valence-electron chi connectivity index (χ1n) is 7.09. The van der Waals surface area contributed by atoms with E-state index in [9.17, 15) is 0 Å². The highest BCUT2D eigenvalue weighted by atomic mass is 35.5. The van der Waals surface area contributed by atoms with Crippen LogP contribution in [0.5, 0.6) is 0 Å². The van der Waals surface area contributed by atoms with Crippen LogP contribution >= 0.6 is 22.9 Å². The fourth-order valence-corrected chi connectivity index (χ4v) is 3.73. The topological polar surface area (TPSA) is 15.3 Å². The molecule has 0 saturated heterocycles. The van der Waals surface area contributed by atoms with E-state index in [0.29, 0.717) is 0 Å². The molecule has 2 nitrogen and oxygen atoms in total. The van der Waals surface area contributed by atoms with Crippen LogP contribution < -0.4 is 10.2 Å². The Morgan fingerprint density at radius 2 is 2.20 bits per heavy atom. The second kappa shape index (κ2) is 6.61. The minimum absolute atomic E-state index is 0.848. The average molecular weight is 307 g/mol. The van der Waals surface area contributed by atoms with Gasteiger partial charge in [0.2, 0.25) is 0 Å². The maximum absolute atomic E-state index is 5.91. The molecule has 0 radical (unpaired) electrons. The highest BCUT2D eigenvalue weighted by Crippen LogP contribution is 2.27. The third-order valence-electron chi connectivity index (χ3n) is 3.69. The van der Waals surface area contributed by atoms with E-state index in [2.05, 4.69) is 34.5 Å². The van der Waals surface area contributed by atoms with Crippen molar-refractivity contribution in [3.8, 4) is 0 Å². The van der Waals surface area contributed by atoms with Gasteiger partial charge in [0.1, 0.15) is 0 Å². The number of fused-ring (bicyclic) bond motifs is 1. The first-order chi connectivity index (χ1) is 9.83. The largest absolute Gasteiger partial charge is 0.371 e. The van der Waals surface area contributed by atoms with Gasteiger partial charge in [0.05, 0.1) is 5.02 Å². The highest BCUT2D eigenvalue weighted by Gasteiger charge is 2.17. The zero-order chi connectivity index (χ0) is 13.8. The summed E-state index contributed by atoms with van der Waals surface area (Å²) >= 11 is 7.63. The summed E-state index contributed by atoms with van der Waals surface area (Å²) in [4.78, 5) is 3.81. The fraction of sp³-hybridized carbons (Fsp3) is 0.375. The van der Waals surface area contributed by atoms with E-state index in [4.69, 9.17) is 11.6 Å². The Morgan fingerprint density at radius 1 is 1.30 bits per heavy atom. The van der Waals surface area contributed by atoms with E-state index in [-0.39, 0.29) is 0 Å². The van der Waals surface area contributed by atoms with Gasteiger partial charge in [-0.2, -0.15) is 0 Å². The first kappa shape index (κ1) is 13.9. The van der Waals surface area contributed by atoms with Crippen LogP contribution in [0, 0.1) is 0 Å². The summed E-state index contributed by atoms with van der Waals surface area (Å²) in [5.74, 6) is 0. The molecule has 0 aliphatic carbocycles. The van der Waals surface area contributed by atoms with Gasteiger partial charge in [0.25, 0.3) is 0 Å². The van der Waals surface area contributed by atoms with Crippen molar-refractivity contribution in [2.24, 2.45) is 0 Å². The van der Waals surface area contributed by atoms with Crippen LogP contribution in [-0.2, 0) is 13.0 Å². The Balaban J connectivity index is 1.39. The van der Waals surface area contributed by atoms with E-state index >= 15 is 0 Å². The molecular formula is C16H19ClN2S. The number of nitrogens with one attached hydrogen (secondary N) is 1. The van der Waals surface area contributed by atoms with Crippen LogP contribution in [0.2, 0.25) is 5.02 Å². The number of thiophene rings is 1. The van der Waals surface area contributed by atoms with Crippen LogP contribution in [0.3, 0.4) is 0 Å². The second-order valence-electron chi connectivity index (χ2n) is 5.13. The summed E-state index contributed by atoms with van der Waals surface area (Å²) in [7, 11) is 0. The Kier molecular flexibility index (Phi) is 4.61. The first-order valence-corrected chi connectivity index (χ1v) is 8.35. The standard InChI is InChI=1S/C16H19ClN2S/c17-14-10-15(20-12-14)11-18-7-3-8-19-9-6-13-4-1-2-5-16(13)19/h1-2,4-5,10,12,18H,3,6-9,11H2. The summed E-state index contributed by atoms with van der Waals surface area (Å²) in [5, 5.41) is 6.32. The fourth-order valence-electron chi connectivity index (χ4n) is 2.69. The molecule has 106 valence electrons. The van der Waals surface area contributed by atoms with E-state index < -0.39 is 0 Å². The third kappa shape index (κ3) is 3.35. The lowest BCUT2D eigenvalue weighted by molar-refractivity contribution is 0.642. The van der Waals surface area contributed by atoms with Gasteiger partial charge >= 0.3 is 0 Å². The van der Waals surface area contributed by atoms with Crippen LogP contribution in [-0.4, -0.2) is 19.6 Å². The minimum atomic E-state index is 0.848. The van der Waals surface area contributed by atoms with Gasteiger partial charge in [-0.05, 0) is 37.1 Å². The second-order valence-corrected chi connectivity index (χ2v) is 6.56. The van der Waals surface area contributed by atoms with E-state index in [1.807, 2.05) is 11.4 Å². The lowest BCUT2D eigenvalue weighted by Gasteiger charge is -2.19. The molecule has 4 heteroatoms. The molecule has 0 unspecified atom stereocenters. The summed E-state index contributed by atoms with van der Waals surface area (Å²) in [6.07, 6.45) is 2.37. The maximum Gasteiger partial charge on any atom is 0.0516 e. The lowest BCUT2D eigenvalue weighted by Crippen LogP contribution is -2.25. The molecule has 0 bridgehead atoms. The molecule has 0 spiro atoms. The number of nitrogens with zero attached hydrogens (tertiary/aromatic N) is 1. The Hall–Kier alpha value is -1.03. The molecule has 1 aliphatic rings. The van der Waals surface area contributed by atoms with Crippen molar-refractivity contribution in [1.82, 2.24) is 5.32 Å². The lowest BCUT2D eigenvalue weighted by atomic mass is 10.2. The molecule has 20 heavy (non-hydrogen) atoms. The monoisotopic (exact) mass is 306 g/mol. The Labute approximate surface area is 129 Å². The van der Waals surface area contributed by atoms with E-state index in [1.165, 1.54) is 35.5 Å². The number of hydrogen-bond acceptors (Lipinski definition) is 3. The van der Waals surface area contributed by atoms with Crippen molar-refractivity contribution in [2.45, 2.75) is 19.4 Å². The molecule has 2 heterocycles. The van der Waals surface area contributed by atoms with Gasteiger partial charge in [-0.3, -0.25) is 0 Å². The molecule has 3 rings (SSSR count). The summed E-state index contributed by atoms with van der Waals surface area (Å²) < 4.78 is 0. The van der Waals surface area contributed by atoms with Crippen LogP contribution in [0.15, 0.2) is 35.7 Å². The molecule has 1 aromatic carbocycles. The van der Waals surface area contributed by atoms with Gasteiger partial charge in [-0.25, -0.2) is 0 Å². The number of anilines is 1. The zero-order valence-electron chi connectivity index (χ0n) is 11.4. The highest BCUT2D eigenvalue weighted by molar-refractivity contribution is 7.10. The number of rotatable bonds is 6. The van der Waals surface area contributed by atoms with Crippen molar-refractivity contribution in [1.29, 1.82) is 0 Å². The van der Waals surface area contributed by atoms with Crippen LogP contribution in [0.1, 0.15) is 16.9 Å². The molecule has 2 aromatic rings. The van der Waals surface area contributed by atoms with Gasteiger partial charge in [-0.1, -0.05) is 29.8 Å². The predicted octanol–water partition coefficient (Wildman–Crippen LogP) is 3.94. The van der Waals surface area contributed by atoms with Crippen molar-refractivity contribution < 1.29 is 0 Å². The molecular weight excluding hydrogens is 288 g/mol. The number of benzene rings is 1. The molecule has 0 fully saturated rings. The molecule has 0 saturated carbocycles. The van der Waals surface area contributed by atoms with Gasteiger partial charge in [-0.15, -0.1) is 11.3 Å². The van der Waals surface area contributed by atoms with Crippen molar-refractivity contribution in [3.63, 3.8) is 0 Å². The zero-order valence-corrected chi connectivity index (χ0v) is 13.0. The van der Waals surface area contributed by atoms with Crippen molar-refractivity contribution in [3.05, 3.63) is 51.2 Å². The van der Waals surface area contributed by atoms with Crippen molar-refractivity contribution in [2.75, 3.05) is 24.5 Å². The summed E-state index contributed by atoms with van der Waals surface area (Å²) in [6.45, 7) is 4.28. The molecule has 0 atom stereocenters. The molecule has 0 amide bonds. The summed E-state index contributed by atoms with van der Waals surface area (Å²) in [5.41, 5.74) is 2.92. The average Bonchev–Trinajstić information content (AvgIpc) is 3.05.